The first-order valence-electron chi connectivity index (χ1n) is 8.93. The Morgan fingerprint density at radius 3 is 2.59 bits per heavy atom. The van der Waals surface area contributed by atoms with Crippen molar-refractivity contribution < 1.29 is 14.5 Å². The molecule has 0 bridgehead atoms. The lowest BCUT2D eigenvalue weighted by Crippen LogP contribution is -2.42. The second-order valence-corrected chi connectivity index (χ2v) is 8.11. The van der Waals surface area contributed by atoms with Gasteiger partial charge in [-0.1, -0.05) is 0 Å². The van der Waals surface area contributed by atoms with Crippen LogP contribution in [0.4, 0.5) is 16.3 Å². The summed E-state index contributed by atoms with van der Waals surface area (Å²) in [6, 6.07) is 0.138. The third-order valence-corrected chi connectivity index (χ3v) is 4.72. The van der Waals surface area contributed by atoms with E-state index in [1.807, 2.05) is 20.8 Å². The number of ether oxygens (including phenoxy) is 1. The Labute approximate surface area is 163 Å². The zero-order valence-electron chi connectivity index (χ0n) is 16.1. The highest BCUT2D eigenvalue weighted by Gasteiger charge is 2.29. The van der Waals surface area contributed by atoms with Crippen molar-refractivity contribution >= 4 is 29.2 Å². The van der Waals surface area contributed by atoms with E-state index in [1.165, 1.54) is 0 Å². The highest BCUT2D eigenvalue weighted by atomic mass is 35.5. The fourth-order valence-electron chi connectivity index (χ4n) is 3.08. The van der Waals surface area contributed by atoms with Gasteiger partial charge in [-0.3, -0.25) is 10.1 Å². The Balaban J connectivity index is 1.86. The number of amides is 1. The van der Waals surface area contributed by atoms with E-state index in [0.717, 1.165) is 31.9 Å². The fraction of sp³-hybridized carbons (Fsp3) is 0.706. The van der Waals surface area contributed by atoms with Crippen molar-refractivity contribution in [2.45, 2.75) is 58.1 Å². The van der Waals surface area contributed by atoms with Crippen molar-refractivity contribution in [3.05, 3.63) is 21.6 Å². The molecule has 0 radical (unpaired) electrons. The molecule has 1 aliphatic rings. The highest BCUT2D eigenvalue weighted by molar-refractivity contribution is 6.28. The maximum Gasteiger partial charge on any atom is 0.410 e. The lowest BCUT2D eigenvalue weighted by Gasteiger charge is -2.35. The largest absolute Gasteiger partial charge is 0.444 e. The summed E-state index contributed by atoms with van der Waals surface area (Å²) in [6.45, 7) is 6.09. The van der Waals surface area contributed by atoms with Gasteiger partial charge in [0.25, 0.3) is 0 Å². The number of nitro groups is 1. The third-order valence-electron chi connectivity index (χ3n) is 4.54. The van der Waals surface area contributed by atoms with Gasteiger partial charge in [0, 0.05) is 19.6 Å². The van der Waals surface area contributed by atoms with Crippen LogP contribution in [-0.4, -0.2) is 51.1 Å². The van der Waals surface area contributed by atoms with Crippen LogP contribution in [0.5, 0.6) is 0 Å². The molecule has 150 valence electrons. The predicted octanol–water partition coefficient (Wildman–Crippen LogP) is 3.88. The normalized spacial score (nSPS) is 20.0. The van der Waals surface area contributed by atoms with Gasteiger partial charge in [-0.25, -0.2) is 9.78 Å². The standard InChI is InChI=1S/C17H26ClN5O4/c1-17(2,3)27-16(24)22(4)12-7-5-11(6-8-12)9-19-14-13(23(25)26)10-20-15(18)21-14/h10-12H,5-9H2,1-4H3,(H,19,20,21). The molecule has 1 heterocycles. The van der Waals surface area contributed by atoms with E-state index < -0.39 is 10.5 Å². The van der Waals surface area contributed by atoms with Crippen LogP contribution in [0.15, 0.2) is 6.20 Å². The van der Waals surface area contributed by atoms with Gasteiger partial charge in [0.2, 0.25) is 11.1 Å². The number of nitrogens with zero attached hydrogens (tertiary/aromatic N) is 4. The first-order chi connectivity index (χ1) is 12.6. The fourth-order valence-corrected chi connectivity index (χ4v) is 3.21. The minimum Gasteiger partial charge on any atom is -0.444 e. The van der Waals surface area contributed by atoms with Gasteiger partial charge in [0.15, 0.2) is 0 Å². The van der Waals surface area contributed by atoms with E-state index >= 15 is 0 Å². The number of carbonyl (C=O) groups excluding carboxylic acids is 1. The SMILES string of the molecule is CN(C(=O)OC(C)(C)C)C1CCC(CNc2nc(Cl)ncc2[N+](=O)[O-])CC1. The molecule has 1 saturated carbocycles. The molecule has 0 unspecified atom stereocenters. The Kier molecular flexibility index (Phi) is 6.80. The molecule has 1 amide bonds. The minimum absolute atomic E-state index is 0.0363. The monoisotopic (exact) mass is 399 g/mol. The molecule has 1 aromatic heterocycles. The van der Waals surface area contributed by atoms with Crippen LogP contribution >= 0.6 is 11.6 Å². The first-order valence-corrected chi connectivity index (χ1v) is 9.31. The molecule has 27 heavy (non-hydrogen) atoms. The third kappa shape index (κ3) is 6.20. The number of nitrogens with one attached hydrogen (secondary N) is 1. The van der Waals surface area contributed by atoms with Crippen LogP contribution in [0, 0.1) is 16.0 Å². The molecular weight excluding hydrogens is 374 g/mol. The van der Waals surface area contributed by atoms with Crippen LogP contribution in [0.3, 0.4) is 0 Å². The first kappa shape index (κ1) is 21.1. The number of anilines is 1. The van der Waals surface area contributed by atoms with Crippen molar-refractivity contribution in [1.29, 1.82) is 0 Å². The quantitative estimate of drug-likeness (QED) is 0.454. The average Bonchev–Trinajstić information content (AvgIpc) is 2.58. The molecule has 1 fully saturated rings. The lowest BCUT2D eigenvalue weighted by molar-refractivity contribution is -0.384. The van der Waals surface area contributed by atoms with Crippen molar-refractivity contribution in [2.24, 2.45) is 5.92 Å². The number of hydrogen-bond acceptors (Lipinski definition) is 7. The highest BCUT2D eigenvalue weighted by Crippen LogP contribution is 2.29. The predicted molar refractivity (Wildman–Crippen MR) is 102 cm³/mol. The van der Waals surface area contributed by atoms with Crippen molar-refractivity contribution in [3.8, 4) is 0 Å². The van der Waals surface area contributed by atoms with Gasteiger partial charge in [-0.05, 0) is 64.0 Å². The van der Waals surface area contributed by atoms with Gasteiger partial charge in [0.05, 0.1) is 4.92 Å². The Bertz CT molecular complexity index is 686. The van der Waals surface area contributed by atoms with Crippen LogP contribution in [0.25, 0.3) is 0 Å². The van der Waals surface area contributed by atoms with Crippen LogP contribution in [0.2, 0.25) is 5.28 Å². The van der Waals surface area contributed by atoms with Gasteiger partial charge in [0.1, 0.15) is 11.8 Å². The van der Waals surface area contributed by atoms with Crippen LogP contribution in [0.1, 0.15) is 46.5 Å². The minimum atomic E-state index is -0.536. The molecule has 0 aliphatic heterocycles. The van der Waals surface area contributed by atoms with Gasteiger partial charge >= 0.3 is 11.8 Å². The summed E-state index contributed by atoms with van der Waals surface area (Å²) in [5, 5.41) is 14.0. The van der Waals surface area contributed by atoms with E-state index in [1.54, 1.807) is 11.9 Å². The number of aromatic nitrogens is 2. The maximum absolute atomic E-state index is 12.2. The molecule has 0 spiro atoms. The zero-order chi connectivity index (χ0) is 20.2. The summed E-state index contributed by atoms with van der Waals surface area (Å²) >= 11 is 5.74. The topological polar surface area (TPSA) is 110 Å². The summed E-state index contributed by atoms with van der Waals surface area (Å²) in [5.41, 5.74) is -0.710. The summed E-state index contributed by atoms with van der Waals surface area (Å²) in [6.07, 6.45) is 4.30. The molecule has 0 aromatic carbocycles. The maximum atomic E-state index is 12.2. The van der Waals surface area contributed by atoms with E-state index in [0.29, 0.717) is 12.5 Å². The summed E-state index contributed by atoms with van der Waals surface area (Å²) in [5.74, 6) is 0.467. The van der Waals surface area contributed by atoms with Gasteiger partial charge in [-0.2, -0.15) is 4.98 Å². The molecule has 1 aromatic rings. The number of hydrogen-bond donors (Lipinski definition) is 1. The van der Waals surface area contributed by atoms with Crippen LogP contribution < -0.4 is 5.32 Å². The van der Waals surface area contributed by atoms with Crippen molar-refractivity contribution in [3.63, 3.8) is 0 Å². The second kappa shape index (κ2) is 8.69. The average molecular weight is 400 g/mol. The molecule has 1 N–H and O–H groups in total. The molecule has 1 aliphatic carbocycles. The molecule has 2 rings (SSSR count). The number of halogens is 1. The molecule has 0 atom stereocenters. The summed E-state index contributed by atoms with van der Waals surface area (Å²) < 4.78 is 5.42. The molecule has 9 nitrogen and oxygen atoms in total. The Morgan fingerprint density at radius 1 is 1.41 bits per heavy atom. The molecule has 10 heteroatoms. The smallest absolute Gasteiger partial charge is 0.410 e. The molecule has 0 saturated heterocycles. The van der Waals surface area contributed by atoms with E-state index in [-0.39, 0.29) is 28.9 Å². The van der Waals surface area contributed by atoms with Crippen molar-refractivity contribution in [1.82, 2.24) is 14.9 Å². The number of carbonyl (C=O) groups is 1. The second-order valence-electron chi connectivity index (χ2n) is 7.78. The van der Waals surface area contributed by atoms with E-state index in [9.17, 15) is 14.9 Å². The summed E-state index contributed by atoms with van der Waals surface area (Å²) in [4.78, 5) is 31.9. The van der Waals surface area contributed by atoms with Crippen LogP contribution in [-0.2, 0) is 4.74 Å². The van der Waals surface area contributed by atoms with E-state index in [2.05, 4.69) is 15.3 Å². The molecular formula is C17H26ClN5O4. The zero-order valence-corrected chi connectivity index (χ0v) is 16.8. The Morgan fingerprint density at radius 2 is 2.04 bits per heavy atom. The lowest BCUT2D eigenvalue weighted by atomic mass is 9.85. The number of rotatable bonds is 5. The van der Waals surface area contributed by atoms with Gasteiger partial charge in [-0.15, -0.1) is 0 Å². The Hall–Kier alpha value is -2.16. The van der Waals surface area contributed by atoms with E-state index in [4.69, 9.17) is 16.3 Å². The van der Waals surface area contributed by atoms with Crippen molar-refractivity contribution in [2.75, 3.05) is 18.9 Å². The summed E-state index contributed by atoms with van der Waals surface area (Å²) in [7, 11) is 1.77. The van der Waals surface area contributed by atoms with Gasteiger partial charge < -0.3 is 15.0 Å².